The molecule has 0 radical (unpaired) electrons. The van der Waals surface area contributed by atoms with Gasteiger partial charge in [0.1, 0.15) is 5.54 Å². The summed E-state index contributed by atoms with van der Waals surface area (Å²) >= 11 is 0. The molecule has 7 heteroatoms. The van der Waals surface area contributed by atoms with Crippen molar-refractivity contribution in [1.29, 1.82) is 0 Å². The molecule has 2 amide bonds. The molecule has 0 spiro atoms. The molecule has 0 aromatic carbocycles. The first-order valence-electron chi connectivity index (χ1n) is 7.13. The van der Waals surface area contributed by atoms with E-state index in [1.807, 2.05) is 0 Å². The van der Waals surface area contributed by atoms with Gasteiger partial charge in [-0.25, -0.2) is 9.59 Å². The van der Waals surface area contributed by atoms with Gasteiger partial charge in [0.2, 0.25) is 0 Å². The first-order chi connectivity index (χ1) is 9.59. The number of amides is 2. The molecule has 2 N–H and O–H groups in total. The van der Waals surface area contributed by atoms with E-state index in [9.17, 15) is 14.7 Å². The number of aliphatic carboxylic acids is 1. The van der Waals surface area contributed by atoms with Gasteiger partial charge in [-0.2, -0.15) is 0 Å². The van der Waals surface area contributed by atoms with E-state index in [0.717, 1.165) is 12.8 Å². The smallest absolute Gasteiger partial charge is 0.329 e. The number of urea groups is 1. The maximum absolute atomic E-state index is 12.3. The molecule has 3 fully saturated rings. The molecule has 2 atom stereocenters. The summed E-state index contributed by atoms with van der Waals surface area (Å²) in [5.41, 5.74) is -1.19. The van der Waals surface area contributed by atoms with Crippen LogP contribution in [0.1, 0.15) is 25.7 Å². The van der Waals surface area contributed by atoms with Crippen LogP contribution in [0.5, 0.6) is 0 Å². The Morgan fingerprint density at radius 1 is 1.15 bits per heavy atom. The molecule has 0 aromatic heterocycles. The largest absolute Gasteiger partial charge is 0.480 e. The van der Waals surface area contributed by atoms with Gasteiger partial charge in [0.25, 0.3) is 0 Å². The van der Waals surface area contributed by atoms with Gasteiger partial charge in [-0.3, -0.25) is 0 Å². The molecule has 0 saturated carbocycles. The van der Waals surface area contributed by atoms with Crippen molar-refractivity contribution >= 4 is 12.0 Å². The SMILES string of the molecule is O=C(NC1(C(=O)O)CCOCC1)N1CC2CCC(C1)O2. The first-order valence-corrected chi connectivity index (χ1v) is 7.13. The number of likely N-dealkylation sites (tertiary alicyclic amines) is 1. The summed E-state index contributed by atoms with van der Waals surface area (Å²) in [5, 5.41) is 12.2. The van der Waals surface area contributed by atoms with Crippen LogP contribution in [0.2, 0.25) is 0 Å². The molecular formula is C13H20N2O5. The summed E-state index contributed by atoms with van der Waals surface area (Å²) in [6, 6.07) is -0.297. The highest BCUT2D eigenvalue weighted by Crippen LogP contribution is 2.27. The van der Waals surface area contributed by atoms with Crippen molar-refractivity contribution in [3.63, 3.8) is 0 Å². The Morgan fingerprint density at radius 2 is 1.75 bits per heavy atom. The summed E-state index contributed by atoms with van der Waals surface area (Å²) < 4.78 is 10.9. The zero-order chi connectivity index (χ0) is 14.2. The molecule has 20 heavy (non-hydrogen) atoms. The van der Waals surface area contributed by atoms with Crippen molar-refractivity contribution in [1.82, 2.24) is 10.2 Å². The van der Waals surface area contributed by atoms with Gasteiger partial charge >= 0.3 is 12.0 Å². The molecule has 3 rings (SSSR count). The lowest BCUT2D eigenvalue weighted by Crippen LogP contribution is -2.61. The molecule has 7 nitrogen and oxygen atoms in total. The number of ether oxygens (including phenoxy) is 2. The summed E-state index contributed by atoms with van der Waals surface area (Å²) in [5.74, 6) is -0.981. The fourth-order valence-corrected chi connectivity index (χ4v) is 3.18. The topological polar surface area (TPSA) is 88.1 Å². The molecular weight excluding hydrogens is 264 g/mol. The van der Waals surface area contributed by atoms with E-state index in [1.165, 1.54) is 0 Å². The average molecular weight is 284 g/mol. The Hall–Kier alpha value is -1.34. The number of carbonyl (C=O) groups excluding carboxylic acids is 1. The summed E-state index contributed by atoms with van der Waals surface area (Å²) in [7, 11) is 0. The minimum atomic E-state index is -1.19. The third kappa shape index (κ3) is 2.47. The fourth-order valence-electron chi connectivity index (χ4n) is 3.18. The van der Waals surface area contributed by atoms with Gasteiger partial charge in [-0.05, 0) is 12.8 Å². The van der Waals surface area contributed by atoms with E-state index in [0.29, 0.717) is 39.1 Å². The normalized spacial score (nSPS) is 31.9. The Morgan fingerprint density at radius 3 is 2.30 bits per heavy atom. The highest BCUT2D eigenvalue weighted by atomic mass is 16.5. The highest BCUT2D eigenvalue weighted by molar-refractivity contribution is 5.86. The van der Waals surface area contributed by atoms with Crippen LogP contribution in [-0.2, 0) is 14.3 Å². The molecule has 3 saturated heterocycles. The standard InChI is InChI=1S/C13H20N2O5/c16-11(17)13(3-5-19-6-4-13)14-12(18)15-7-9-1-2-10(8-15)20-9/h9-10H,1-8H2,(H,14,18)(H,16,17). The number of fused-ring (bicyclic) bond motifs is 2. The Labute approximate surface area is 117 Å². The van der Waals surface area contributed by atoms with Crippen molar-refractivity contribution in [2.24, 2.45) is 0 Å². The zero-order valence-corrected chi connectivity index (χ0v) is 11.3. The quantitative estimate of drug-likeness (QED) is 0.756. The van der Waals surface area contributed by atoms with Gasteiger partial charge in [-0.15, -0.1) is 0 Å². The second-order valence-electron chi connectivity index (χ2n) is 5.79. The van der Waals surface area contributed by atoms with Crippen LogP contribution in [0, 0.1) is 0 Å². The molecule has 0 aliphatic carbocycles. The van der Waals surface area contributed by atoms with Crippen molar-refractivity contribution in [3.8, 4) is 0 Å². The van der Waals surface area contributed by atoms with Crippen molar-refractivity contribution in [2.45, 2.75) is 43.4 Å². The zero-order valence-electron chi connectivity index (χ0n) is 11.3. The molecule has 3 heterocycles. The van der Waals surface area contributed by atoms with Gasteiger partial charge < -0.3 is 24.8 Å². The second kappa shape index (κ2) is 5.21. The van der Waals surface area contributed by atoms with Gasteiger partial charge in [0.15, 0.2) is 0 Å². The van der Waals surface area contributed by atoms with Crippen LogP contribution < -0.4 is 5.32 Å². The van der Waals surface area contributed by atoms with Crippen LogP contribution in [0.25, 0.3) is 0 Å². The maximum atomic E-state index is 12.3. The van der Waals surface area contributed by atoms with Crippen LogP contribution in [0.15, 0.2) is 0 Å². The number of carbonyl (C=O) groups is 2. The lowest BCUT2D eigenvalue weighted by atomic mass is 9.90. The van der Waals surface area contributed by atoms with Crippen molar-refractivity contribution in [2.75, 3.05) is 26.3 Å². The van der Waals surface area contributed by atoms with Crippen LogP contribution in [-0.4, -0.2) is 66.1 Å². The predicted molar refractivity (Wildman–Crippen MR) is 68.4 cm³/mol. The minimum Gasteiger partial charge on any atom is -0.480 e. The van der Waals surface area contributed by atoms with E-state index < -0.39 is 11.5 Å². The molecule has 3 aliphatic rings. The van der Waals surface area contributed by atoms with E-state index in [1.54, 1.807) is 4.90 Å². The highest BCUT2D eigenvalue weighted by Gasteiger charge is 2.44. The van der Waals surface area contributed by atoms with E-state index in [4.69, 9.17) is 9.47 Å². The number of hydrogen-bond donors (Lipinski definition) is 2. The van der Waals surface area contributed by atoms with E-state index >= 15 is 0 Å². The first kappa shape index (κ1) is 13.6. The number of carboxylic acids is 1. The van der Waals surface area contributed by atoms with Crippen LogP contribution >= 0.6 is 0 Å². The van der Waals surface area contributed by atoms with E-state index in [2.05, 4.69) is 5.32 Å². The minimum absolute atomic E-state index is 0.106. The van der Waals surface area contributed by atoms with Crippen molar-refractivity contribution < 1.29 is 24.2 Å². The monoisotopic (exact) mass is 284 g/mol. The summed E-state index contributed by atoms with van der Waals surface area (Å²) in [6.07, 6.45) is 2.79. The molecule has 2 bridgehead atoms. The van der Waals surface area contributed by atoms with Gasteiger partial charge in [-0.1, -0.05) is 0 Å². The number of carboxylic acid groups (broad SMARTS) is 1. The van der Waals surface area contributed by atoms with Crippen molar-refractivity contribution in [3.05, 3.63) is 0 Å². The predicted octanol–water partition coefficient (Wildman–Crippen LogP) is 0.193. The van der Waals surface area contributed by atoms with E-state index in [-0.39, 0.29) is 18.2 Å². The molecule has 3 aliphatic heterocycles. The number of hydrogen-bond acceptors (Lipinski definition) is 4. The Kier molecular flexibility index (Phi) is 3.55. The number of rotatable bonds is 2. The van der Waals surface area contributed by atoms with Crippen LogP contribution in [0.4, 0.5) is 4.79 Å². The number of nitrogens with one attached hydrogen (secondary N) is 1. The second-order valence-corrected chi connectivity index (χ2v) is 5.79. The molecule has 2 unspecified atom stereocenters. The number of morpholine rings is 1. The number of nitrogens with zero attached hydrogens (tertiary/aromatic N) is 1. The lowest BCUT2D eigenvalue weighted by Gasteiger charge is -2.38. The summed E-state index contributed by atoms with van der Waals surface area (Å²) in [4.78, 5) is 25.6. The molecule has 112 valence electrons. The lowest BCUT2D eigenvalue weighted by molar-refractivity contribution is -0.148. The Bertz CT molecular complexity index is 396. The van der Waals surface area contributed by atoms with Gasteiger partial charge in [0, 0.05) is 39.1 Å². The van der Waals surface area contributed by atoms with Crippen LogP contribution in [0.3, 0.4) is 0 Å². The maximum Gasteiger partial charge on any atom is 0.329 e. The Balaban J connectivity index is 1.66. The fraction of sp³-hybridized carbons (Fsp3) is 0.846. The third-order valence-electron chi connectivity index (χ3n) is 4.43. The molecule has 0 aromatic rings. The third-order valence-corrected chi connectivity index (χ3v) is 4.43. The summed E-state index contributed by atoms with van der Waals surface area (Å²) in [6.45, 7) is 1.82. The van der Waals surface area contributed by atoms with Gasteiger partial charge in [0.05, 0.1) is 12.2 Å². The average Bonchev–Trinajstić information content (AvgIpc) is 2.78.